The second-order valence-corrected chi connectivity index (χ2v) is 9.62. The molecular formula is C26H29N5O3. The SMILES string of the molecule is CC(=O)c1cccc(-c2ccc3c(N4CCOC[C@@H]4C)nc(N4CCOC5(CC5)C4)nc3n2)c1. The molecule has 1 atom stereocenters. The molecule has 1 saturated carbocycles. The van der Waals surface area contributed by atoms with E-state index in [1.165, 1.54) is 0 Å². The second kappa shape index (κ2) is 8.29. The zero-order chi connectivity index (χ0) is 23.3. The van der Waals surface area contributed by atoms with Crippen LogP contribution < -0.4 is 9.80 Å². The lowest BCUT2D eigenvalue weighted by molar-refractivity contribution is 0.0201. The summed E-state index contributed by atoms with van der Waals surface area (Å²) < 4.78 is 11.7. The maximum Gasteiger partial charge on any atom is 0.229 e. The third-order valence-corrected chi connectivity index (χ3v) is 7.07. The number of ether oxygens (including phenoxy) is 2. The highest BCUT2D eigenvalue weighted by atomic mass is 16.5. The van der Waals surface area contributed by atoms with Crippen molar-refractivity contribution in [2.45, 2.75) is 38.3 Å². The number of aromatic nitrogens is 3. The van der Waals surface area contributed by atoms with Gasteiger partial charge in [0.1, 0.15) is 5.82 Å². The molecule has 2 aliphatic heterocycles. The van der Waals surface area contributed by atoms with Crippen LogP contribution in [0.1, 0.15) is 37.0 Å². The summed E-state index contributed by atoms with van der Waals surface area (Å²) in [5, 5.41) is 0.929. The highest BCUT2D eigenvalue weighted by molar-refractivity contribution is 5.95. The van der Waals surface area contributed by atoms with Crippen molar-refractivity contribution in [2.24, 2.45) is 0 Å². The van der Waals surface area contributed by atoms with Gasteiger partial charge in [0.25, 0.3) is 0 Å². The van der Waals surface area contributed by atoms with Crippen molar-refractivity contribution in [3.8, 4) is 11.3 Å². The first-order valence-corrected chi connectivity index (χ1v) is 12.0. The molecule has 34 heavy (non-hydrogen) atoms. The zero-order valence-corrected chi connectivity index (χ0v) is 19.7. The number of Topliss-reactive ketones (excluding diaryl/α,β-unsaturated/α-hetero) is 1. The van der Waals surface area contributed by atoms with Crippen LogP contribution in [0.15, 0.2) is 36.4 Å². The van der Waals surface area contributed by atoms with Crippen LogP contribution in [0.5, 0.6) is 0 Å². The van der Waals surface area contributed by atoms with E-state index in [9.17, 15) is 4.79 Å². The Morgan fingerprint density at radius 3 is 2.76 bits per heavy atom. The lowest BCUT2D eigenvalue weighted by Gasteiger charge is -2.36. The number of morpholine rings is 2. The fourth-order valence-corrected chi connectivity index (χ4v) is 4.90. The molecule has 3 fully saturated rings. The lowest BCUT2D eigenvalue weighted by atomic mass is 10.0. The van der Waals surface area contributed by atoms with E-state index in [4.69, 9.17) is 24.4 Å². The molecule has 4 heterocycles. The number of carbonyl (C=O) groups excluding carboxylic acids is 1. The van der Waals surface area contributed by atoms with E-state index >= 15 is 0 Å². The van der Waals surface area contributed by atoms with Gasteiger partial charge < -0.3 is 19.3 Å². The third kappa shape index (κ3) is 3.91. The van der Waals surface area contributed by atoms with Gasteiger partial charge in [-0.2, -0.15) is 9.97 Å². The predicted molar refractivity (Wildman–Crippen MR) is 131 cm³/mol. The van der Waals surface area contributed by atoms with E-state index in [2.05, 4.69) is 22.8 Å². The molecule has 2 aromatic heterocycles. The molecule has 0 amide bonds. The van der Waals surface area contributed by atoms with Gasteiger partial charge in [-0.05, 0) is 44.9 Å². The summed E-state index contributed by atoms with van der Waals surface area (Å²) in [6, 6.07) is 11.9. The number of rotatable bonds is 4. The van der Waals surface area contributed by atoms with Gasteiger partial charge in [-0.25, -0.2) is 4.98 Å². The molecule has 1 aliphatic carbocycles. The van der Waals surface area contributed by atoms with Gasteiger partial charge >= 0.3 is 0 Å². The van der Waals surface area contributed by atoms with Crippen LogP contribution >= 0.6 is 0 Å². The highest BCUT2D eigenvalue weighted by Crippen LogP contribution is 2.43. The van der Waals surface area contributed by atoms with Gasteiger partial charge in [0.2, 0.25) is 5.95 Å². The number of hydrogen-bond donors (Lipinski definition) is 0. The highest BCUT2D eigenvalue weighted by Gasteiger charge is 2.48. The van der Waals surface area contributed by atoms with E-state index in [1.807, 2.05) is 30.3 Å². The molecule has 1 aromatic carbocycles. The quantitative estimate of drug-likeness (QED) is 0.549. The molecule has 0 N–H and O–H groups in total. The van der Waals surface area contributed by atoms with E-state index in [0.717, 1.165) is 54.9 Å². The monoisotopic (exact) mass is 459 g/mol. The summed E-state index contributed by atoms with van der Waals surface area (Å²) in [4.78, 5) is 31.4. The van der Waals surface area contributed by atoms with Crippen LogP contribution in [0, 0.1) is 0 Å². The Morgan fingerprint density at radius 2 is 1.97 bits per heavy atom. The topological polar surface area (TPSA) is 80.7 Å². The summed E-state index contributed by atoms with van der Waals surface area (Å²) >= 11 is 0. The maximum absolute atomic E-state index is 11.9. The summed E-state index contributed by atoms with van der Waals surface area (Å²) in [5.74, 6) is 1.65. The Morgan fingerprint density at radius 1 is 1.09 bits per heavy atom. The van der Waals surface area contributed by atoms with Gasteiger partial charge in [0.05, 0.1) is 42.5 Å². The zero-order valence-electron chi connectivity index (χ0n) is 19.7. The van der Waals surface area contributed by atoms with Gasteiger partial charge in [-0.3, -0.25) is 4.79 Å². The first-order chi connectivity index (χ1) is 16.5. The van der Waals surface area contributed by atoms with Crippen molar-refractivity contribution >= 4 is 28.6 Å². The number of carbonyl (C=O) groups is 1. The van der Waals surface area contributed by atoms with E-state index in [1.54, 1.807) is 6.92 Å². The van der Waals surface area contributed by atoms with Crippen molar-refractivity contribution in [3.05, 3.63) is 42.0 Å². The van der Waals surface area contributed by atoms with Gasteiger partial charge in [0.15, 0.2) is 11.4 Å². The van der Waals surface area contributed by atoms with Gasteiger partial charge in [-0.1, -0.05) is 18.2 Å². The number of pyridine rings is 1. The third-order valence-electron chi connectivity index (χ3n) is 7.07. The average Bonchev–Trinajstić information content (AvgIpc) is 3.61. The van der Waals surface area contributed by atoms with Crippen LogP contribution in [0.4, 0.5) is 11.8 Å². The fraction of sp³-hybridized carbons (Fsp3) is 0.462. The first kappa shape index (κ1) is 21.4. The number of hydrogen-bond acceptors (Lipinski definition) is 8. The first-order valence-electron chi connectivity index (χ1n) is 12.0. The molecule has 0 bridgehead atoms. The minimum Gasteiger partial charge on any atom is -0.377 e. The summed E-state index contributed by atoms with van der Waals surface area (Å²) in [7, 11) is 0. The molecule has 3 aromatic rings. The summed E-state index contributed by atoms with van der Waals surface area (Å²) in [6.07, 6.45) is 2.19. The van der Waals surface area contributed by atoms with Crippen molar-refractivity contribution in [1.82, 2.24) is 15.0 Å². The van der Waals surface area contributed by atoms with Gasteiger partial charge in [-0.15, -0.1) is 0 Å². The Balaban J connectivity index is 1.47. The number of anilines is 2. The standard InChI is InChI=1S/C26H29N5O3/c1-17-15-33-12-11-31(17)24-21-6-7-22(20-5-3-4-19(14-20)18(2)32)27-23(21)28-25(29-24)30-10-13-34-26(16-30)8-9-26/h3-7,14,17H,8-13,15-16H2,1-2H3/t17-/m0/s1. The Kier molecular flexibility index (Phi) is 5.22. The smallest absolute Gasteiger partial charge is 0.229 e. The lowest BCUT2D eigenvalue weighted by Crippen LogP contribution is -2.46. The number of fused-ring (bicyclic) bond motifs is 1. The summed E-state index contributed by atoms with van der Waals surface area (Å²) in [6.45, 7) is 8.15. The molecule has 176 valence electrons. The molecular weight excluding hydrogens is 430 g/mol. The predicted octanol–water partition coefficient (Wildman–Crippen LogP) is 3.49. The molecule has 0 unspecified atom stereocenters. The Bertz CT molecular complexity index is 1260. The second-order valence-electron chi connectivity index (χ2n) is 9.62. The molecule has 6 rings (SSSR count). The molecule has 0 radical (unpaired) electrons. The molecule has 2 saturated heterocycles. The average molecular weight is 460 g/mol. The maximum atomic E-state index is 11.9. The molecule has 3 aliphatic rings. The summed E-state index contributed by atoms with van der Waals surface area (Å²) in [5.41, 5.74) is 3.02. The van der Waals surface area contributed by atoms with Crippen LogP contribution in [-0.4, -0.2) is 71.8 Å². The minimum atomic E-state index is -0.0224. The Labute approximate surface area is 198 Å². The van der Waals surface area contributed by atoms with Crippen LogP contribution in [0.3, 0.4) is 0 Å². The van der Waals surface area contributed by atoms with Crippen molar-refractivity contribution in [3.63, 3.8) is 0 Å². The fourth-order valence-electron chi connectivity index (χ4n) is 4.90. The minimum absolute atomic E-state index is 0.0224. The number of benzene rings is 1. The van der Waals surface area contributed by atoms with Crippen molar-refractivity contribution in [2.75, 3.05) is 49.3 Å². The van der Waals surface area contributed by atoms with Crippen LogP contribution in [0.25, 0.3) is 22.3 Å². The largest absolute Gasteiger partial charge is 0.377 e. The number of ketones is 1. The number of nitrogens with zero attached hydrogens (tertiary/aromatic N) is 5. The van der Waals surface area contributed by atoms with E-state index < -0.39 is 0 Å². The van der Waals surface area contributed by atoms with Crippen LogP contribution in [-0.2, 0) is 9.47 Å². The van der Waals surface area contributed by atoms with Gasteiger partial charge in [0, 0.05) is 30.8 Å². The van der Waals surface area contributed by atoms with E-state index in [0.29, 0.717) is 37.0 Å². The molecule has 8 heteroatoms. The van der Waals surface area contributed by atoms with Crippen LogP contribution in [0.2, 0.25) is 0 Å². The Hall–Kier alpha value is -3.10. The normalized spacial score (nSPS) is 21.8. The molecule has 1 spiro atoms. The van der Waals surface area contributed by atoms with E-state index in [-0.39, 0.29) is 17.4 Å². The van der Waals surface area contributed by atoms with Crippen molar-refractivity contribution < 1.29 is 14.3 Å². The van der Waals surface area contributed by atoms with Crippen molar-refractivity contribution in [1.29, 1.82) is 0 Å². The molecule has 8 nitrogen and oxygen atoms in total.